The first-order valence-corrected chi connectivity index (χ1v) is 12.9. The third-order valence-corrected chi connectivity index (χ3v) is 7.82. The largest absolute Gasteiger partial charge is 0.469 e. The molecular weight excluding hydrogens is 519 g/mol. The van der Waals surface area contributed by atoms with Crippen molar-refractivity contribution in [2.24, 2.45) is 0 Å². The number of rotatable bonds is 8. The third-order valence-electron chi connectivity index (χ3n) is 4.56. The van der Waals surface area contributed by atoms with Gasteiger partial charge in [-0.15, -0.1) is 0 Å². The Labute approximate surface area is 193 Å². The van der Waals surface area contributed by atoms with Crippen molar-refractivity contribution in [1.29, 1.82) is 0 Å². The van der Waals surface area contributed by atoms with Gasteiger partial charge in [0.15, 0.2) is 15.8 Å². The first kappa shape index (κ1) is 23.5. The van der Waals surface area contributed by atoms with Crippen molar-refractivity contribution in [3.05, 3.63) is 51.0 Å². The number of fused-ring (bicyclic) bond motifs is 2. The predicted molar refractivity (Wildman–Crippen MR) is 119 cm³/mol. The molecule has 1 aromatic carbocycles. The van der Waals surface area contributed by atoms with E-state index in [1.807, 2.05) is 6.92 Å². The van der Waals surface area contributed by atoms with Crippen LogP contribution in [0, 0.1) is 5.95 Å². The first-order valence-electron chi connectivity index (χ1n) is 9.04. The highest BCUT2D eigenvalue weighted by atomic mass is 79.9. The molecular formula is C19H19BrClFN2O4S2. The lowest BCUT2D eigenvalue weighted by molar-refractivity contribution is -0.141. The molecule has 0 saturated heterocycles. The van der Waals surface area contributed by atoms with Gasteiger partial charge in [-0.2, -0.15) is 4.39 Å². The second-order valence-corrected chi connectivity index (χ2v) is 10.8. The summed E-state index contributed by atoms with van der Waals surface area (Å²) < 4.78 is 42.0. The van der Waals surface area contributed by atoms with Crippen LogP contribution in [0.5, 0.6) is 11.5 Å². The van der Waals surface area contributed by atoms with Gasteiger partial charge in [-0.25, -0.2) is 13.9 Å². The summed E-state index contributed by atoms with van der Waals surface area (Å²) in [6.45, 7) is 2.04. The number of carbonyl (C=O) groups excluding carboxylic acids is 1. The zero-order chi connectivity index (χ0) is 21.9. The van der Waals surface area contributed by atoms with E-state index < -0.39 is 27.5 Å². The summed E-state index contributed by atoms with van der Waals surface area (Å²) in [6.07, 6.45) is 1.58. The molecule has 2 atom stereocenters. The highest BCUT2D eigenvalue weighted by molar-refractivity contribution is 9.10. The fourth-order valence-corrected chi connectivity index (χ4v) is 6.29. The van der Waals surface area contributed by atoms with Crippen molar-refractivity contribution in [2.75, 3.05) is 12.9 Å². The van der Waals surface area contributed by atoms with Crippen LogP contribution in [0.3, 0.4) is 0 Å². The molecule has 30 heavy (non-hydrogen) atoms. The van der Waals surface area contributed by atoms with Crippen LogP contribution in [0.25, 0.3) is 0 Å². The summed E-state index contributed by atoms with van der Waals surface area (Å²) in [6, 6.07) is 6.50. The van der Waals surface area contributed by atoms with E-state index in [4.69, 9.17) is 21.1 Å². The number of ether oxygens (including phenoxy) is 2. The zero-order valence-electron chi connectivity index (χ0n) is 16.2. The standard InChI is InChI=1S/C19H19BrClFN2O4S2/c1-3-4-7-29-30(26)24-19(10-16(25)27-2)12-8-11(20)5-6-14(12)28-17-13(19)9-15(21)23-18(17)22/h5-6,8-9,24H,3-4,7,10H2,1-2H3. The van der Waals surface area contributed by atoms with Crippen molar-refractivity contribution in [1.82, 2.24) is 9.71 Å². The van der Waals surface area contributed by atoms with E-state index in [2.05, 4.69) is 25.6 Å². The number of unbranched alkanes of at least 4 members (excludes halogenated alkanes) is 1. The molecule has 1 aliphatic rings. The van der Waals surface area contributed by atoms with Gasteiger partial charge in [0.05, 0.1) is 19.1 Å². The molecule has 0 aliphatic carbocycles. The number of nitrogens with zero attached hydrogens (tertiary/aromatic N) is 1. The molecule has 0 fully saturated rings. The van der Waals surface area contributed by atoms with Crippen molar-refractivity contribution in [2.45, 2.75) is 31.7 Å². The topological polar surface area (TPSA) is 77.5 Å². The van der Waals surface area contributed by atoms with Gasteiger partial charge >= 0.3 is 5.97 Å². The molecule has 11 heteroatoms. The number of aromatic nitrogens is 1. The maximum Gasteiger partial charge on any atom is 0.308 e. The van der Waals surface area contributed by atoms with E-state index in [0.717, 1.165) is 12.8 Å². The van der Waals surface area contributed by atoms with Crippen molar-refractivity contribution in [3.8, 4) is 11.5 Å². The molecule has 2 aromatic rings. The molecule has 3 rings (SSSR count). The summed E-state index contributed by atoms with van der Waals surface area (Å²) in [5.74, 6) is -0.719. The Morgan fingerprint density at radius 1 is 1.43 bits per heavy atom. The fraction of sp³-hybridized carbons (Fsp3) is 0.368. The molecule has 0 saturated carbocycles. The van der Waals surface area contributed by atoms with Gasteiger partial charge in [0.1, 0.15) is 10.9 Å². The number of benzene rings is 1. The molecule has 0 bridgehead atoms. The number of hydrogen-bond acceptors (Lipinski definition) is 6. The van der Waals surface area contributed by atoms with Crippen LogP contribution in [0.1, 0.15) is 37.3 Å². The molecule has 0 radical (unpaired) electrons. The van der Waals surface area contributed by atoms with Gasteiger partial charge in [-0.1, -0.05) is 40.9 Å². The van der Waals surface area contributed by atoms with Gasteiger partial charge in [0.25, 0.3) is 5.95 Å². The predicted octanol–water partition coefficient (Wildman–Crippen LogP) is 5.25. The number of carbonyl (C=O) groups is 1. The van der Waals surface area contributed by atoms with Crippen LogP contribution < -0.4 is 9.46 Å². The number of esters is 1. The molecule has 162 valence electrons. The molecule has 1 aliphatic heterocycles. The van der Waals surface area contributed by atoms with E-state index in [1.54, 1.807) is 18.2 Å². The van der Waals surface area contributed by atoms with Crippen LogP contribution in [-0.4, -0.2) is 28.0 Å². The lowest BCUT2D eigenvalue weighted by Crippen LogP contribution is -2.47. The minimum absolute atomic E-state index is 0.117. The number of nitrogens with one attached hydrogen (secondary N) is 1. The van der Waals surface area contributed by atoms with E-state index >= 15 is 0 Å². The maximum absolute atomic E-state index is 14.7. The smallest absolute Gasteiger partial charge is 0.308 e. The maximum atomic E-state index is 14.7. The number of halogens is 3. The van der Waals surface area contributed by atoms with E-state index in [9.17, 15) is 13.4 Å². The monoisotopic (exact) mass is 536 g/mol. The van der Waals surface area contributed by atoms with Crippen molar-refractivity contribution in [3.63, 3.8) is 0 Å². The van der Waals surface area contributed by atoms with E-state index in [-0.39, 0.29) is 22.9 Å². The lowest BCUT2D eigenvalue weighted by Gasteiger charge is -2.39. The molecule has 0 amide bonds. The van der Waals surface area contributed by atoms with Gasteiger partial charge in [-0.05, 0) is 41.5 Å². The van der Waals surface area contributed by atoms with Crippen LogP contribution in [0.4, 0.5) is 4.39 Å². The normalized spacial score (nSPS) is 18.2. The number of pyridine rings is 1. The van der Waals surface area contributed by atoms with Crippen LogP contribution in [-0.2, 0) is 25.1 Å². The van der Waals surface area contributed by atoms with Crippen molar-refractivity contribution >= 4 is 54.3 Å². The third kappa shape index (κ3) is 4.83. The summed E-state index contributed by atoms with van der Waals surface area (Å²) in [5, 5.41) is -0.117. The molecule has 6 nitrogen and oxygen atoms in total. The Morgan fingerprint density at radius 2 is 2.20 bits per heavy atom. The number of methoxy groups -OCH3 is 1. The molecule has 0 spiro atoms. The molecule has 1 N–H and O–H groups in total. The quantitative estimate of drug-likeness (QED) is 0.214. The lowest BCUT2D eigenvalue weighted by atomic mass is 9.79. The summed E-state index contributed by atoms with van der Waals surface area (Å²) in [7, 11) is 0.850. The second-order valence-electron chi connectivity index (χ2n) is 6.53. The highest BCUT2D eigenvalue weighted by Gasteiger charge is 2.47. The first-order chi connectivity index (χ1) is 14.3. The van der Waals surface area contributed by atoms with Crippen molar-refractivity contribution < 1.29 is 22.9 Å². The van der Waals surface area contributed by atoms with E-state index in [1.165, 1.54) is 24.0 Å². The number of hydrogen-bond donors (Lipinski definition) is 1. The second kappa shape index (κ2) is 9.95. The van der Waals surface area contributed by atoms with Crippen LogP contribution in [0.2, 0.25) is 5.15 Å². The van der Waals surface area contributed by atoms with Gasteiger partial charge in [0, 0.05) is 21.4 Å². The Morgan fingerprint density at radius 3 is 2.90 bits per heavy atom. The zero-order valence-corrected chi connectivity index (χ0v) is 20.1. The Balaban J connectivity index is 2.21. The van der Waals surface area contributed by atoms with Gasteiger partial charge < -0.3 is 9.47 Å². The Kier molecular flexibility index (Phi) is 7.78. The summed E-state index contributed by atoms with van der Waals surface area (Å²) >= 11 is 9.45. The molecule has 2 heterocycles. The average molecular weight is 538 g/mol. The minimum Gasteiger partial charge on any atom is -0.469 e. The average Bonchev–Trinajstić information content (AvgIpc) is 2.69. The van der Waals surface area contributed by atoms with Crippen LogP contribution >= 0.6 is 38.3 Å². The Hall–Kier alpha value is -1.20. The highest BCUT2D eigenvalue weighted by Crippen LogP contribution is 2.51. The molecule has 1 aromatic heterocycles. The summed E-state index contributed by atoms with van der Waals surface area (Å²) in [4.78, 5) is 16.1. The SMILES string of the molecule is CCCCSS(=O)NC1(CC(=O)OC)c2cc(Br)ccc2Oc2c1cc(Cl)nc2F. The van der Waals surface area contributed by atoms with Gasteiger partial charge in [-0.3, -0.25) is 4.79 Å². The minimum atomic E-state index is -1.61. The fourth-order valence-electron chi connectivity index (χ4n) is 3.14. The van der Waals surface area contributed by atoms with Gasteiger partial charge in [0.2, 0.25) is 0 Å². The Bertz CT molecular complexity index is 997. The van der Waals surface area contributed by atoms with Crippen LogP contribution in [0.15, 0.2) is 28.7 Å². The molecule has 2 unspecified atom stereocenters. The van der Waals surface area contributed by atoms with E-state index in [0.29, 0.717) is 21.5 Å². The summed E-state index contributed by atoms with van der Waals surface area (Å²) in [5.41, 5.74) is -0.682.